The summed E-state index contributed by atoms with van der Waals surface area (Å²) in [7, 11) is 0. The third-order valence-electron chi connectivity index (χ3n) is 7.89. The van der Waals surface area contributed by atoms with Gasteiger partial charge in [0.2, 0.25) is 5.91 Å². The van der Waals surface area contributed by atoms with Crippen molar-refractivity contribution in [1.82, 2.24) is 5.32 Å². The van der Waals surface area contributed by atoms with Gasteiger partial charge in [-0.2, -0.15) is 0 Å². The van der Waals surface area contributed by atoms with Crippen molar-refractivity contribution in [1.29, 1.82) is 0 Å². The fourth-order valence-electron chi connectivity index (χ4n) is 5.76. The van der Waals surface area contributed by atoms with Gasteiger partial charge in [0.1, 0.15) is 5.00 Å². The maximum Gasteiger partial charge on any atom is 0.254 e. The second-order valence-corrected chi connectivity index (χ2v) is 11.0. The number of amides is 2. The molecule has 1 spiro atoms. The van der Waals surface area contributed by atoms with Crippen LogP contribution in [0.4, 0.5) is 5.00 Å². The van der Waals surface area contributed by atoms with Gasteiger partial charge in [-0.15, -0.1) is 11.3 Å². The molecule has 2 amide bonds. The molecule has 3 fully saturated rings. The molecule has 1 unspecified atom stereocenters. The summed E-state index contributed by atoms with van der Waals surface area (Å²) in [6.07, 6.45) is 14.8. The monoisotopic (exact) mass is 430 g/mol. The number of aryl methyl sites for hydroxylation is 1. The van der Waals surface area contributed by atoms with Crippen molar-refractivity contribution in [2.45, 2.75) is 89.6 Å². The number of ether oxygens (including phenoxy) is 1. The van der Waals surface area contributed by atoms with Crippen molar-refractivity contribution in [2.24, 2.45) is 11.3 Å². The molecule has 0 bridgehead atoms. The summed E-state index contributed by atoms with van der Waals surface area (Å²) in [6, 6.07) is 0. The Morgan fingerprint density at radius 2 is 1.83 bits per heavy atom. The van der Waals surface area contributed by atoms with E-state index in [9.17, 15) is 9.59 Å². The van der Waals surface area contributed by atoms with Gasteiger partial charge in [-0.25, -0.2) is 0 Å². The molecule has 5 nitrogen and oxygen atoms in total. The van der Waals surface area contributed by atoms with E-state index in [0.29, 0.717) is 12.0 Å². The average molecular weight is 431 g/mol. The zero-order valence-corrected chi connectivity index (χ0v) is 18.7. The predicted molar refractivity (Wildman–Crippen MR) is 119 cm³/mol. The second-order valence-electron chi connectivity index (χ2n) is 9.92. The van der Waals surface area contributed by atoms with Crippen LogP contribution in [0.3, 0.4) is 0 Å². The summed E-state index contributed by atoms with van der Waals surface area (Å²) < 4.78 is 6.09. The first-order valence-electron chi connectivity index (χ1n) is 12.0. The SMILES string of the molecule is O=C(NCC1CCC2(CCC2)CO1)c1c(NC(=O)C2CCCCC2)sc2c1CCC2. The number of hydrogen-bond donors (Lipinski definition) is 2. The maximum absolute atomic E-state index is 13.2. The molecule has 4 aliphatic rings. The lowest BCUT2D eigenvalue weighted by atomic mass is 9.65. The summed E-state index contributed by atoms with van der Waals surface area (Å²) in [5.74, 6) is 0.159. The number of carbonyl (C=O) groups is 2. The van der Waals surface area contributed by atoms with Gasteiger partial charge >= 0.3 is 0 Å². The molecule has 1 aromatic heterocycles. The van der Waals surface area contributed by atoms with Gasteiger partial charge in [0.25, 0.3) is 5.91 Å². The zero-order chi connectivity index (χ0) is 20.6. The van der Waals surface area contributed by atoms with Gasteiger partial charge in [0.15, 0.2) is 0 Å². The third-order valence-corrected chi connectivity index (χ3v) is 9.09. The standard InChI is InChI=1S/C24H34N2O3S/c27-21(16-6-2-1-3-7-16)26-23-20(18-8-4-9-19(18)30-23)22(28)25-14-17-10-13-24(15-29-17)11-5-12-24/h16-17H,1-15H2,(H,25,28)(H,26,27). The number of carbonyl (C=O) groups excluding carboxylic acids is 2. The van der Waals surface area contributed by atoms with Crippen LogP contribution in [0, 0.1) is 11.3 Å². The normalized spacial score (nSPS) is 25.5. The highest BCUT2D eigenvalue weighted by molar-refractivity contribution is 7.17. The Bertz CT molecular complexity index is 798. The molecule has 1 saturated heterocycles. The smallest absolute Gasteiger partial charge is 0.254 e. The highest BCUT2D eigenvalue weighted by Gasteiger charge is 2.41. The van der Waals surface area contributed by atoms with E-state index >= 15 is 0 Å². The molecule has 1 aromatic rings. The number of fused-ring (bicyclic) bond motifs is 1. The number of thiophene rings is 1. The van der Waals surface area contributed by atoms with E-state index in [1.54, 1.807) is 11.3 Å². The molecule has 164 valence electrons. The molecular formula is C24H34N2O3S. The quantitative estimate of drug-likeness (QED) is 0.703. The molecule has 6 heteroatoms. The molecule has 0 aromatic carbocycles. The molecule has 3 aliphatic carbocycles. The Morgan fingerprint density at radius 1 is 1.00 bits per heavy atom. The van der Waals surface area contributed by atoms with Crippen LogP contribution in [0.15, 0.2) is 0 Å². The van der Waals surface area contributed by atoms with Gasteiger partial charge in [-0.1, -0.05) is 25.7 Å². The van der Waals surface area contributed by atoms with Gasteiger partial charge in [-0.3, -0.25) is 9.59 Å². The van der Waals surface area contributed by atoms with Crippen molar-refractivity contribution in [3.05, 3.63) is 16.0 Å². The molecule has 5 rings (SSSR count). The molecule has 2 N–H and O–H groups in total. The average Bonchev–Trinajstić information content (AvgIpc) is 3.32. The third kappa shape index (κ3) is 4.05. The Balaban J connectivity index is 1.22. The van der Waals surface area contributed by atoms with E-state index in [4.69, 9.17) is 4.74 Å². The van der Waals surface area contributed by atoms with Crippen LogP contribution >= 0.6 is 11.3 Å². The van der Waals surface area contributed by atoms with Crippen LogP contribution in [0.1, 0.15) is 91.4 Å². The van der Waals surface area contributed by atoms with E-state index in [1.165, 1.54) is 37.0 Å². The van der Waals surface area contributed by atoms with Gasteiger partial charge in [0, 0.05) is 17.3 Å². The zero-order valence-electron chi connectivity index (χ0n) is 17.9. The highest BCUT2D eigenvalue weighted by Crippen LogP contribution is 2.47. The van der Waals surface area contributed by atoms with Crippen LogP contribution in [-0.2, 0) is 22.4 Å². The topological polar surface area (TPSA) is 67.4 Å². The molecule has 2 heterocycles. The van der Waals surface area contributed by atoms with Crippen LogP contribution in [0.5, 0.6) is 0 Å². The molecule has 30 heavy (non-hydrogen) atoms. The van der Waals surface area contributed by atoms with Crippen molar-refractivity contribution < 1.29 is 14.3 Å². The number of nitrogens with one attached hydrogen (secondary N) is 2. The van der Waals surface area contributed by atoms with Crippen molar-refractivity contribution in [3.8, 4) is 0 Å². The first-order valence-corrected chi connectivity index (χ1v) is 12.8. The lowest BCUT2D eigenvalue weighted by Crippen LogP contribution is -2.44. The van der Waals surface area contributed by atoms with E-state index in [2.05, 4.69) is 10.6 Å². The Kier molecular flexibility index (Phi) is 5.89. The summed E-state index contributed by atoms with van der Waals surface area (Å²) in [6.45, 7) is 1.42. The lowest BCUT2D eigenvalue weighted by molar-refractivity contribution is -0.120. The molecule has 2 saturated carbocycles. The van der Waals surface area contributed by atoms with E-state index in [1.807, 2.05) is 0 Å². The highest BCUT2D eigenvalue weighted by atomic mass is 32.1. The fraction of sp³-hybridized carbons (Fsp3) is 0.750. The summed E-state index contributed by atoms with van der Waals surface area (Å²) >= 11 is 1.62. The predicted octanol–water partition coefficient (Wildman–Crippen LogP) is 4.83. The van der Waals surface area contributed by atoms with Gasteiger partial charge < -0.3 is 15.4 Å². The Hall–Kier alpha value is -1.40. The van der Waals surface area contributed by atoms with Crippen molar-refractivity contribution in [3.63, 3.8) is 0 Å². The van der Waals surface area contributed by atoms with Crippen molar-refractivity contribution in [2.75, 3.05) is 18.5 Å². The van der Waals surface area contributed by atoms with Crippen LogP contribution in [0.25, 0.3) is 0 Å². The fourth-order valence-corrected chi connectivity index (χ4v) is 7.05. The minimum absolute atomic E-state index is 0.0409. The summed E-state index contributed by atoms with van der Waals surface area (Å²) in [4.78, 5) is 27.3. The van der Waals surface area contributed by atoms with Gasteiger partial charge in [0.05, 0.1) is 18.3 Å². The maximum atomic E-state index is 13.2. The minimum Gasteiger partial charge on any atom is -0.376 e. The summed E-state index contributed by atoms with van der Waals surface area (Å²) in [5.41, 5.74) is 2.34. The molecule has 0 radical (unpaired) electrons. The molecule has 1 atom stereocenters. The molecular weight excluding hydrogens is 396 g/mol. The van der Waals surface area contributed by atoms with Crippen LogP contribution in [-0.4, -0.2) is 31.1 Å². The first-order chi connectivity index (χ1) is 14.6. The first kappa shape index (κ1) is 20.5. The number of anilines is 1. The lowest BCUT2D eigenvalue weighted by Gasteiger charge is -2.46. The van der Waals surface area contributed by atoms with Crippen LogP contribution < -0.4 is 10.6 Å². The second kappa shape index (κ2) is 8.62. The largest absolute Gasteiger partial charge is 0.376 e. The summed E-state index contributed by atoms with van der Waals surface area (Å²) in [5, 5.41) is 7.04. The van der Waals surface area contributed by atoms with Crippen LogP contribution in [0.2, 0.25) is 0 Å². The van der Waals surface area contributed by atoms with Crippen molar-refractivity contribution >= 4 is 28.2 Å². The number of rotatable bonds is 5. The minimum atomic E-state index is -0.0409. The van der Waals surface area contributed by atoms with E-state index < -0.39 is 0 Å². The Morgan fingerprint density at radius 3 is 2.53 bits per heavy atom. The number of hydrogen-bond acceptors (Lipinski definition) is 4. The van der Waals surface area contributed by atoms with E-state index in [0.717, 1.165) is 74.1 Å². The molecule has 1 aliphatic heterocycles. The van der Waals surface area contributed by atoms with E-state index in [-0.39, 0.29) is 23.8 Å². The van der Waals surface area contributed by atoms with Gasteiger partial charge in [-0.05, 0) is 68.8 Å². The Labute approximate surface area is 183 Å².